The van der Waals surface area contributed by atoms with Crippen molar-refractivity contribution in [1.82, 2.24) is 14.8 Å². The van der Waals surface area contributed by atoms with Gasteiger partial charge in [-0.2, -0.15) is 5.10 Å². The summed E-state index contributed by atoms with van der Waals surface area (Å²) in [5, 5.41) is 18.7. The van der Waals surface area contributed by atoms with Gasteiger partial charge in [-0.05, 0) is 86.4 Å². The van der Waals surface area contributed by atoms with Crippen LogP contribution in [0.4, 0.5) is 8.78 Å². The minimum atomic E-state index is -2.17. The van der Waals surface area contributed by atoms with Gasteiger partial charge in [0.25, 0.3) is 0 Å². The molecule has 6 nitrogen and oxygen atoms in total. The number of ether oxygens (including phenoxy) is 1. The van der Waals surface area contributed by atoms with Crippen LogP contribution in [0.1, 0.15) is 61.6 Å². The number of fused-ring (bicyclic) bond motifs is 2. The van der Waals surface area contributed by atoms with Crippen LogP contribution in [0.25, 0.3) is 27.5 Å². The molecule has 6 rings (SSSR count). The third kappa shape index (κ3) is 3.71. The highest BCUT2D eigenvalue weighted by molar-refractivity contribution is 5.99. The summed E-state index contributed by atoms with van der Waals surface area (Å²) in [7, 11) is 0. The van der Waals surface area contributed by atoms with Gasteiger partial charge in [-0.1, -0.05) is 0 Å². The number of hydrogen-bond acceptors (Lipinski definition) is 3. The molecule has 4 aromatic rings. The number of benzene rings is 2. The zero-order chi connectivity index (χ0) is 24.2. The highest BCUT2D eigenvalue weighted by Gasteiger charge is 2.44. The van der Waals surface area contributed by atoms with Crippen LogP contribution in [0, 0.1) is 5.82 Å². The van der Waals surface area contributed by atoms with Gasteiger partial charge in [0.1, 0.15) is 5.82 Å². The normalized spacial score (nSPS) is 23.8. The van der Waals surface area contributed by atoms with Crippen LogP contribution in [-0.4, -0.2) is 44.7 Å². The average Bonchev–Trinajstić information content (AvgIpc) is 3.46. The molecular weight excluding hydrogens is 452 g/mol. The maximum absolute atomic E-state index is 15.0. The van der Waals surface area contributed by atoms with E-state index in [1.807, 2.05) is 0 Å². The molecular formula is C27H27F2N3O3. The fourth-order valence-corrected chi connectivity index (χ4v) is 6.02. The van der Waals surface area contributed by atoms with E-state index in [4.69, 9.17) is 4.74 Å². The first-order chi connectivity index (χ1) is 16.9. The van der Waals surface area contributed by atoms with Gasteiger partial charge in [0.2, 0.25) is 5.67 Å². The summed E-state index contributed by atoms with van der Waals surface area (Å²) in [6.45, 7) is 1.33. The number of aromatic amines is 1. The third-order valence-corrected chi connectivity index (χ3v) is 7.87. The summed E-state index contributed by atoms with van der Waals surface area (Å²) in [6.07, 6.45) is 4.42. The van der Waals surface area contributed by atoms with Gasteiger partial charge in [0.05, 0.1) is 17.2 Å². The molecule has 2 aromatic carbocycles. The molecule has 0 spiro atoms. The maximum atomic E-state index is 15.0. The number of aliphatic carboxylic acids is 1. The van der Waals surface area contributed by atoms with Crippen molar-refractivity contribution < 1.29 is 23.4 Å². The predicted octanol–water partition coefficient (Wildman–Crippen LogP) is 5.99. The Bertz CT molecular complexity index is 1390. The molecule has 8 heteroatoms. The van der Waals surface area contributed by atoms with E-state index in [2.05, 4.69) is 26.9 Å². The van der Waals surface area contributed by atoms with E-state index in [0.29, 0.717) is 26.1 Å². The van der Waals surface area contributed by atoms with Crippen molar-refractivity contribution in [2.24, 2.45) is 0 Å². The number of H-pyrrole nitrogens is 1. The lowest BCUT2D eigenvalue weighted by Gasteiger charge is -2.33. The van der Waals surface area contributed by atoms with Crippen LogP contribution < -0.4 is 0 Å². The lowest BCUT2D eigenvalue weighted by molar-refractivity contribution is -0.153. The first-order valence-electron chi connectivity index (χ1n) is 12.2. The quantitative estimate of drug-likeness (QED) is 0.377. The monoisotopic (exact) mass is 479 g/mol. The number of aromatic nitrogens is 3. The van der Waals surface area contributed by atoms with Crippen LogP contribution in [0.15, 0.2) is 42.6 Å². The zero-order valence-corrected chi connectivity index (χ0v) is 19.3. The van der Waals surface area contributed by atoms with Crippen molar-refractivity contribution in [1.29, 1.82) is 0 Å². The molecule has 2 N–H and O–H groups in total. The summed E-state index contributed by atoms with van der Waals surface area (Å²) in [6, 6.07) is 10.7. The minimum Gasteiger partial charge on any atom is -0.479 e. The number of nitrogens with one attached hydrogen (secondary N) is 1. The van der Waals surface area contributed by atoms with E-state index in [1.165, 1.54) is 12.1 Å². The standard InChI is InChI=1S/C27H27F2N3O3/c28-19-1-3-20(4-2-19)32-23-13-18-15-30-31-22(18)14-21(23)24(25(32)17-7-11-35-12-8-17)16-5-9-27(29,10-6-16)26(33)34/h1-4,13-17H,5-12H2,(H,30,31)(H,33,34)/t16-,27+. The Hall–Kier alpha value is -3.26. The molecule has 1 saturated heterocycles. The molecule has 2 aromatic heterocycles. The molecule has 1 aliphatic carbocycles. The Morgan fingerprint density at radius 1 is 1.09 bits per heavy atom. The molecule has 0 unspecified atom stereocenters. The van der Waals surface area contributed by atoms with E-state index in [0.717, 1.165) is 51.6 Å². The summed E-state index contributed by atoms with van der Waals surface area (Å²) in [5.74, 6) is -1.41. The Balaban J connectivity index is 1.60. The highest BCUT2D eigenvalue weighted by Crippen LogP contribution is 2.48. The molecule has 0 bridgehead atoms. The third-order valence-electron chi connectivity index (χ3n) is 7.87. The van der Waals surface area contributed by atoms with E-state index < -0.39 is 11.6 Å². The van der Waals surface area contributed by atoms with Gasteiger partial charge in [0, 0.05) is 41.3 Å². The second-order valence-electron chi connectivity index (χ2n) is 9.87. The van der Waals surface area contributed by atoms with E-state index in [1.54, 1.807) is 18.3 Å². The summed E-state index contributed by atoms with van der Waals surface area (Å²) in [5.41, 5.74) is 2.92. The van der Waals surface area contributed by atoms with E-state index >= 15 is 0 Å². The molecule has 3 heterocycles. The fourth-order valence-electron chi connectivity index (χ4n) is 6.02. The topological polar surface area (TPSA) is 80.1 Å². The van der Waals surface area contributed by atoms with Gasteiger partial charge in [-0.15, -0.1) is 0 Å². The molecule has 35 heavy (non-hydrogen) atoms. The molecule has 2 fully saturated rings. The van der Waals surface area contributed by atoms with Gasteiger partial charge < -0.3 is 14.4 Å². The zero-order valence-electron chi connectivity index (χ0n) is 19.3. The molecule has 182 valence electrons. The van der Waals surface area contributed by atoms with Crippen LogP contribution >= 0.6 is 0 Å². The van der Waals surface area contributed by atoms with Crippen LogP contribution in [0.2, 0.25) is 0 Å². The predicted molar refractivity (Wildman–Crippen MR) is 128 cm³/mol. The first kappa shape index (κ1) is 22.2. The maximum Gasteiger partial charge on any atom is 0.341 e. The van der Waals surface area contributed by atoms with Crippen molar-refractivity contribution in [3.05, 3.63) is 59.7 Å². The van der Waals surface area contributed by atoms with Gasteiger partial charge >= 0.3 is 5.97 Å². The number of nitrogens with zero attached hydrogens (tertiary/aromatic N) is 2. The van der Waals surface area contributed by atoms with Gasteiger partial charge in [-0.3, -0.25) is 5.10 Å². The summed E-state index contributed by atoms with van der Waals surface area (Å²) in [4.78, 5) is 11.5. The van der Waals surface area contributed by atoms with E-state index in [9.17, 15) is 18.7 Å². The molecule has 0 atom stereocenters. The molecule has 1 saturated carbocycles. The lowest BCUT2D eigenvalue weighted by Crippen LogP contribution is -2.37. The molecule has 0 amide bonds. The van der Waals surface area contributed by atoms with Crippen molar-refractivity contribution in [3.63, 3.8) is 0 Å². The fraction of sp³-hybridized carbons (Fsp3) is 0.407. The number of halogens is 2. The van der Waals surface area contributed by atoms with E-state index in [-0.39, 0.29) is 30.5 Å². The number of carboxylic acid groups (broad SMARTS) is 1. The first-order valence-corrected chi connectivity index (χ1v) is 12.2. The van der Waals surface area contributed by atoms with Crippen molar-refractivity contribution in [2.75, 3.05) is 13.2 Å². The number of carbonyl (C=O) groups is 1. The number of hydrogen-bond donors (Lipinski definition) is 2. The smallest absolute Gasteiger partial charge is 0.341 e. The Morgan fingerprint density at radius 3 is 2.49 bits per heavy atom. The second kappa shape index (κ2) is 8.45. The summed E-state index contributed by atoms with van der Waals surface area (Å²) >= 11 is 0. The largest absolute Gasteiger partial charge is 0.479 e. The highest BCUT2D eigenvalue weighted by atomic mass is 19.1. The van der Waals surface area contributed by atoms with Crippen LogP contribution in [0.5, 0.6) is 0 Å². The number of rotatable bonds is 4. The minimum absolute atomic E-state index is 0.00423. The van der Waals surface area contributed by atoms with Crippen LogP contribution in [-0.2, 0) is 9.53 Å². The molecule has 0 radical (unpaired) electrons. The summed E-state index contributed by atoms with van der Waals surface area (Å²) < 4.78 is 36.7. The Labute approximate surface area is 200 Å². The van der Waals surface area contributed by atoms with Crippen LogP contribution in [0.3, 0.4) is 0 Å². The SMILES string of the molecule is O=C(O)[C@]1(F)CC[C@@H](c2c(C3CCOCC3)n(-c3ccc(F)cc3)c3cc4cn[nH]c4cc32)CC1. The number of carboxylic acids is 1. The Kier molecular flexibility index (Phi) is 5.36. The Morgan fingerprint density at radius 2 is 1.80 bits per heavy atom. The average molecular weight is 480 g/mol. The van der Waals surface area contributed by atoms with Gasteiger partial charge in [0.15, 0.2) is 0 Å². The lowest BCUT2D eigenvalue weighted by atomic mass is 9.75. The van der Waals surface area contributed by atoms with Crippen molar-refractivity contribution in [2.45, 2.75) is 56.0 Å². The van der Waals surface area contributed by atoms with Crippen molar-refractivity contribution >= 4 is 27.8 Å². The molecule has 2 aliphatic rings. The van der Waals surface area contributed by atoms with Crippen molar-refractivity contribution in [3.8, 4) is 5.69 Å². The molecule has 1 aliphatic heterocycles. The number of alkyl halides is 1. The second-order valence-corrected chi connectivity index (χ2v) is 9.87. The van der Waals surface area contributed by atoms with Gasteiger partial charge in [-0.25, -0.2) is 13.6 Å².